The van der Waals surface area contributed by atoms with E-state index in [1.165, 1.54) is 18.4 Å². The monoisotopic (exact) mass is 332 g/mol. The number of rotatable bonds is 7. The molecule has 0 heterocycles. The van der Waals surface area contributed by atoms with Crippen molar-refractivity contribution < 1.29 is 13.2 Å². The first-order chi connectivity index (χ1) is 9.34. The van der Waals surface area contributed by atoms with Gasteiger partial charge in [-0.15, -0.1) is 18.8 Å². The average Bonchev–Trinajstić information content (AvgIpc) is 2.35. The number of benzene rings is 1. The van der Waals surface area contributed by atoms with E-state index in [-0.39, 0.29) is 17.3 Å². The van der Waals surface area contributed by atoms with Crippen LogP contribution >= 0.6 is 12.4 Å². The van der Waals surface area contributed by atoms with E-state index in [4.69, 9.17) is 11.2 Å². The van der Waals surface area contributed by atoms with Crippen LogP contribution in [0.3, 0.4) is 0 Å². The molecule has 118 valence electrons. The quantitative estimate of drug-likeness (QED) is 0.767. The van der Waals surface area contributed by atoms with Crippen molar-refractivity contribution in [3.8, 4) is 18.1 Å². The highest BCUT2D eigenvalue weighted by molar-refractivity contribution is 7.90. The molecule has 0 amide bonds. The average molecular weight is 333 g/mol. The van der Waals surface area contributed by atoms with Gasteiger partial charge < -0.3 is 15.0 Å². The minimum atomic E-state index is -3.26. The fourth-order valence-corrected chi connectivity index (χ4v) is 2.12. The largest absolute Gasteiger partial charge is 0.490 e. The van der Waals surface area contributed by atoms with Crippen molar-refractivity contribution in [3.63, 3.8) is 0 Å². The summed E-state index contributed by atoms with van der Waals surface area (Å²) in [5.41, 5.74) is 0.689. The highest BCUT2D eigenvalue weighted by atomic mass is 35.5. The lowest BCUT2D eigenvalue weighted by molar-refractivity contribution is 0.262. The molecular weight excluding hydrogens is 312 g/mol. The third-order valence-corrected chi connectivity index (χ3v) is 3.67. The summed E-state index contributed by atoms with van der Waals surface area (Å²) in [7, 11) is 0.614. The lowest BCUT2D eigenvalue weighted by atomic mass is 10.3. The van der Waals surface area contributed by atoms with Gasteiger partial charge in [-0.3, -0.25) is 0 Å². The van der Waals surface area contributed by atoms with Gasteiger partial charge in [-0.2, -0.15) is 0 Å². The summed E-state index contributed by atoms with van der Waals surface area (Å²) in [5.74, 6) is 2.96. The molecule has 1 aromatic carbocycles. The molecule has 7 heteroatoms. The van der Waals surface area contributed by atoms with E-state index in [0.717, 1.165) is 6.54 Å². The van der Waals surface area contributed by atoms with E-state index in [9.17, 15) is 8.42 Å². The molecule has 0 bridgehead atoms. The fraction of sp³-hybridized carbons (Fsp3) is 0.429. The Bertz CT molecular complexity index is 595. The van der Waals surface area contributed by atoms with Crippen LogP contribution in [0.4, 0.5) is 5.69 Å². The first kappa shape index (κ1) is 19.6. The highest BCUT2D eigenvalue weighted by Gasteiger charge is 2.12. The van der Waals surface area contributed by atoms with Crippen molar-refractivity contribution in [3.05, 3.63) is 18.2 Å². The highest BCUT2D eigenvalue weighted by Crippen LogP contribution is 2.27. The van der Waals surface area contributed by atoms with E-state index >= 15 is 0 Å². The van der Waals surface area contributed by atoms with Crippen LogP contribution in [0.25, 0.3) is 0 Å². The zero-order valence-corrected chi connectivity index (χ0v) is 14.1. The number of anilines is 1. The maximum absolute atomic E-state index is 11.6. The Morgan fingerprint density at radius 2 is 2.05 bits per heavy atom. The Morgan fingerprint density at radius 1 is 1.38 bits per heavy atom. The summed E-state index contributed by atoms with van der Waals surface area (Å²) in [4.78, 5) is 2.21. The predicted octanol–water partition coefficient (Wildman–Crippen LogP) is 1.50. The zero-order chi connectivity index (χ0) is 15.2. The normalized spacial score (nSPS) is 10.6. The lowest BCUT2D eigenvalue weighted by Gasteiger charge is -2.15. The summed E-state index contributed by atoms with van der Waals surface area (Å²) in [6.45, 7) is 1.55. The SMILES string of the molecule is C#CCNc1ccc(S(C)(=O)=O)cc1OCCN(C)C.Cl. The number of likely N-dealkylation sites (N-methyl/N-ethyl adjacent to an activating group) is 1. The standard InChI is InChI=1S/C14H20N2O3S.ClH/c1-5-8-15-13-7-6-12(20(4,17)18)11-14(13)19-10-9-16(2)3;/h1,6-7,11,15H,8-10H2,2-4H3;1H. The van der Waals surface area contributed by atoms with Gasteiger partial charge in [-0.05, 0) is 26.2 Å². The van der Waals surface area contributed by atoms with Gasteiger partial charge in [0.1, 0.15) is 12.4 Å². The van der Waals surface area contributed by atoms with Crippen molar-refractivity contribution in [1.82, 2.24) is 4.90 Å². The van der Waals surface area contributed by atoms with Gasteiger partial charge in [0.2, 0.25) is 0 Å². The van der Waals surface area contributed by atoms with Gasteiger partial charge in [0.25, 0.3) is 0 Å². The molecule has 0 saturated carbocycles. The van der Waals surface area contributed by atoms with Gasteiger partial charge in [-0.1, -0.05) is 5.92 Å². The van der Waals surface area contributed by atoms with E-state index < -0.39 is 9.84 Å². The van der Waals surface area contributed by atoms with Crippen molar-refractivity contribution in [2.75, 3.05) is 45.4 Å². The fourth-order valence-electron chi connectivity index (χ4n) is 1.48. The van der Waals surface area contributed by atoms with Crippen LogP contribution in [0.15, 0.2) is 23.1 Å². The number of sulfone groups is 1. The van der Waals surface area contributed by atoms with Gasteiger partial charge in [0, 0.05) is 18.9 Å². The third-order valence-electron chi connectivity index (χ3n) is 2.56. The molecule has 1 N–H and O–H groups in total. The van der Waals surface area contributed by atoms with E-state index in [2.05, 4.69) is 11.2 Å². The van der Waals surface area contributed by atoms with Crippen LogP contribution in [0.2, 0.25) is 0 Å². The van der Waals surface area contributed by atoms with Gasteiger partial charge in [0.05, 0.1) is 17.1 Å². The van der Waals surface area contributed by atoms with E-state index in [1.807, 2.05) is 19.0 Å². The van der Waals surface area contributed by atoms with Crippen LogP contribution in [-0.2, 0) is 9.84 Å². The van der Waals surface area contributed by atoms with Crippen LogP contribution in [0.1, 0.15) is 0 Å². The van der Waals surface area contributed by atoms with Gasteiger partial charge in [-0.25, -0.2) is 8.42 Å². The van der Waals surface area contributed by atoms with Crippen LogP contribution in [0.5, 0.6) is 5.75 Å². The molecule has 0 aliphatic rings. The maximum Gasteiger partial charge on any atom is 0.175 e. The first-order valence-corrected chi connectivity index (χ1v) is 8.02. The number of nitrogens with zero attached hydrogens (tertiary/aromatic N) is 1. The number of ether oxygens (including phenoxy) is 1. The number of hydrogen-bond donors (Lipinski definition) is 1. The molecule has 0 spiro atoms. The van der Waals surface area contributed by atoms with E-state index in [1.54, 1.807) is 6.07 Å². The van der Waals surface area contributed by atoms with Crippen LogP contribution < -0.4 is 10.1 Å². The van der Waals surface area contributed by atoms with Crippen LogP contribution in [-0.4, -0.2) is 53.4 Å². The van der Waals surface area contributed by atoms with E-state index in [0.29, 0.717) is 24.6 Å². The number of halogens is 1. The zero-order valence-electron chi connectivity index (χ0n) is 12.4. The molecule has 1 aromatic rings. The number of terminal acetylenes is 1. The number of nitrogens with one attached hydrogen (secondary N) is 1. The molecule has 0 aromatic heterocycles. The Morgan fingerprint density at radius 3 is 2.57 bits per heavy atom. The molecule has 0 aliphatic heterocycles. The molecule has 21 heavy (non-hydrogen) atoms. The summed E-state index contributed by atoms with van der Waals surface area (Å²) < 4.78 is 28.8. The Hall–Kier alpha value is -1.42. The maximum atomic E-state index is 11.6. The predicted molar refractivity (Wildman–Crippen MR) is 88.2 cm³/mol. The molecule has 0 fully saturated rings. The molecule has 0 unspecified atom stereocenters. The molecular formula is C14H21ClN2O3S. The van der Waals surface area contributed by atoms with Gasteiger partial charge in [0.15, 0.2) is 9.84 Å². The summed E-state index contributed by atoms with van der Waals surface area (Å²) in [6, 6.07) is 4.72. The second kappa shape index (κ2) is 8.78. The second-order valence-electron chi connectivity index (χ2n) is 4.64. The Labute approximate surface area is 133 Å². The van der Waals surface area contributed by atoms with Gasteiger partial charge >= 0.3 is 0 Å². The Kier molecular flexibility index (Phi) is 8.18. The topological polar surface area (TPSA) is 58.6 Å². The van der Waals surface area contributed by atoms with Crippen molar-refractivity contribution in [2.24, 2.45) is 0 Å². The molecule has 5 nitrogen and oxygen atoms in total. The second-order valence-corrected chi connectivity index (χ2v) is 6.66. The summed E-state index contributed by atoms with van der Waals surface area (Å²) in [5, 5.41) is 3.01. The molecule has 0 radical (unpaired) electrons. The lowest BCUT2D eigenvalue weighted by Crippen LogP contribution is -2.20. The first-order valence-electron chi connectivity index (χ1n) is 6.13. The number of hydrogen-bond acceptors (Lipinski definition) is 5. The molecule has 0 saturated heterocycles. The molecule has 0 aliphatic carbocycles. The minimum absolute atomic E-state index is 0. The van der Waals surface area contributed by atoms with Crippen molar-refractivity contribution in [2.45, 2.75) is 4.90 Å². The summed E-state index contributed by atoms with van der Waals surface area (Å²) >= 11 is 0. The summed E-state index contributed by atoms with van der Waals surface area (Å²) in [6.07, 6.45) is 6.38. The molecule has 1 rings (SSSR count). The molecule has 0 atom stereocenters. The smallest absolute Gasteiger partial charge is 0.175 e. The minimum Gasteiger partial charge on any atom is -0.490 e. The van der Waals surface area contributed by atoms with Crippen molar-refractivity contribution in [1.29, 1.82) is 0 Å². The van der Waals surface area contributed by atoms with Crippen LogP contribution in [0, 0.1) is 12.3 Å². The third kappa shape index (κ3) is 6.71. The Balaban J connectivity index is 0.00000400. The van der Waals surface area contributed by atoms with Crippen molar-refractivity contribution >= 4 is 27.9 Å².